The fourth-order valence-electron chi connectivity index (χ4n) is 2.76. The van der Waals surface area contributed by atoms with Gasteiger partial charge in [0.15, 0.2) is 0 Å². The van der Waals surface area contributed by atoms with E-state index in [1.165, 1.54) is 5.56 Å². The molecule has 3 nitrogen and oxygen atoms in total. The molecular weight excluding hydrogens is 250 g/mol. The van der Waals surface area contributed by atoms with Crippen LogP contribution in [0, 0.1) is 0 Å². The van der Waals surface area contributed by atoms with Gasteiger partial charge in [-0.3, -0.25) is 0 Å². The predicted molar refractivity (Wildman–Crippen MR) is 82.2 cm³/mol. The molecule has 1 aromatic carbocycles. The van der Waals surface area contributed by atoms with Crippen LogP contribution in [-0.4, -0.2) is 25.4 Å². The third kappa shape index (κ3) is 3.74. The Labute approximate surface area is 122 Å². The summed E-state index contributed by atoms with van der Waals surface area (Å²) in [4.78, 5) is 0. The van der Waals surface area contributed by atoms with Crippen LogP contribution in [0.1, 0.15) is 51.6 Å². The molecule has 1 heterocycles. The standard InChI is InChI=1S/C17H27NO2/c1-5-10-18-15-11-13(12-17(2,3)19-4)20-16-9-7-6-8-14(15)16/h6-9,13,15,18H,5,10-12H2,1-4H3. The van der Waals surface area contributed by atoms with Crippen molar-refractivity contribution in [2.75, 3.05) is 13.7 Å². The Hall–Kier alpha value is -1.06. The van der Waals surface area contributed by atoms with Crippen molar-refractivity contribution in [3.63, 3.8) is 0 Å². The molecule has 0 saturated heterocycles. The Morgan fingerprint density at radius 2 is 2.10 bits per heavy atom. The lowest BCUT2D eigenvalue weighted by atomic mass is 9.90. The monoisotopic (exact) mass is 277 g/mol. The van der Waals surface area contributed by atoms with Crippen LogP contribution in [-0.2, 0) is 4.74 Å². The Balaban J connectivity index is 2.13. The molecule has 1 aliphatic heterocycles. The molecule has 112 valence electrons. The molecule has 0 aromatic heterocycles. The maximum Gasteiger partial charge on any atom is 0.124 e. The highest BCUT2D eigenvalue weighted by molar-refractivity contribution is 5.38. The first-order chi connectivity index (χ1) is 9.55. The van der Waals surface area contributed by atoms with Crippen LogP contribution in [0.25, 0.3) is 0 Å². The Morgan fingerprint density at radius 1 is 1.35 bits per heavy atom. The van der Waals surface area contributed by atoms with Crippen LogP contribution in [0.15, 0.2) is 24.3 Å². The molecule has 1 aliphatic rings. The summed E-state index contributed by atoms with van der Waals surface area (Å²) in [7, 11) is 1.77. The molecule has 0 amide bonds. The highest BCUT2D eigenvalue weighted by Crippen LogP contribution is 2.37. The lowest BCUT2D eigenvalue weighted by Gasteiger charge is -2.36. The van der Waals surface area contributed by atoms with Crippen molar-refractivity contribution in [1.29, 1.82) is 0 Å². The van der Waals surface area contributed by atoms with E-state index in [0.717, 1.165) is 31.6 Å². The molecule has 0 fully saturated rings. The van der Waals surface area contributed by atoms with Gasteiger partial charge in [-0.15, -0.1) is 0 Å². The normalized spacial score (nSPS) is 22.2. The summed E-state index contributed by atoms with van der Waals surface area (Å²) >= 11 is 0. The third-order valence-electron chi connectivity index (χ3n) is 4.00. The second kappa shape index (κ2) is 6.59. The fourth-order valence-corrected chi connectivity index (χ4v) is 2.76. The van der Waals surface area contributed by atoms with Crippen molar-refractivity contribution >= 4 is 0 Å². The van der Waals surface area contributed by atoms with Gasteiger partial charge in [0.1, 0.15) is 11.9 Å². The molecule has 0 spiro atoms. The predicted octanol–water partition coefficient (Wildman–Crippen LogP) is 3.69. The average molecular weight is 277 g/mol. The van der Waals surface area contributed by atoms with Gasteiger partial charge in [-0.05, 0) is 32.9 Å². The third-order valence-corrected chi connectivity index (χ3v) is 4.00. The van der Waals surface area contributed by atoms with Crippen molar-refractivity contribution < 1.29 is 9.47 Å². The van der Waals surface area contributed by atoms with E-state index in [1.54, 1.807) is 7.11 Å². The van der Waals surface area contributed by atoms with Crippen LogP contribution >= 0.6 is 0 Å². The molecule has 0 saturated carbocycles. The number of para-hydroxylation sites is 1. The maximum absolute atomic E-state index is 6.16. The molecule has 2 rings (SSSR count). The number of ether oxygens (including phenoxy) is 2. The summed E-state index contributed by atoms with van der Waals surface area (Å²) in [6.45, 7) is 7.47. The minimum Gasteiger partial charge on any atom is -0.490 e. The topological polar surface area (TPSA) is 30.5 Å². The summed E-state index contributed by atoms with van der Waals surface area (Å²) in [6.07, 6.45) is 3.26. The smallest absolute Gasteiger partial charge is 0.124 e. The molecular formula is C17H27NO2. The van der Waals surface area contributed by atoms with E-state index in [2.05, 4.69) is 44.3 Å². The van der Waals surface area contributed by atoms with E-state index in [0.29, 0.717) is 6.04 Å². The van der Waals surface area contributed by atoms with Gasteiger partial charge in [-0.1, -0.05) is 25.1 Å². The number of nitrogens with one attached hydrogen (secondary N) is 1. The number of hydrogen-bond donors (Lipinski definition) is 1. The van der Waals surface area contributed by atoms with Gasteiger partial charge in [0, 0.05) is 31.6 Å². The van der Waals surface area contributed by atoms with Crippen LogP contribution in [0.2, 0.25) is 0 Å². The summed E-state index contributed by atoms with van der Waals surface area (Å²) in [6, 6.07) is 8.75. The number of methoxy groups -OCH3 is 1. The summed E-state index contributed by atoms with van der Waals surface area (Å²) in [5, 5.41) is 3.64. The van der Waals surface area contributed by atoms with Crippen LogP contribution in [0.3, 0.4) is 0 Å². The van der Waals surface area contributed by atoms with E-state index in [1.807, 2.05) is 6.07 Å². The van der Waals surface area contributed by atoms with Gasteiger partial charge in [-0.2, -0.15) is 0 Å². The first kappa shape index (κ1) is 15.3. The molecule has 0 radical (unpaired) electrons. The Kier molecular flexibility index (Phi) is 5.06. The van der Waals surface area contributed by atoms with Crippen molar-refractivity contribution in [2.24, 2.45) is 0 Å². The first-order valence-corrected chi connectivity index (χ1v) is 7.60. The molecule has 20 heavy (non-hydrogen) atoms. The second-order valence-corrected chi connectivity index (χ2v) is 6.19. The highest BCUT2D eigenvalue weighted by atomic mass is 16.5. The van der Waals surface area contributed by atoms with Crippen LogP contribution in [0.5, 0.6) is 5.75 Å². The zero-order valence-electron chi connectivity index (χ0n) is 13.1. The fraction of sp³-hybridized carbons (Fsp3) is 0.647. The zero-order valence-corrected chi connectivity index (χ0v) is 13.1. The maximum atomic E-state index is 6.16. The molecule has 3 heteroatoms. The largest absolute Gasteiger partial charge is 0.490 e. The van der Waals surface area contributed by atoms with Crippen molar-refractivity contribution in [3.8, 4) is 5.75 Å². The number of rotatable bonds is 6. The summed E-state index contributed by atoms with van der Waals surface area (Å²) < 4.78 is 11.7. The van der Waals surface area contributed by atoms with Gasteiger partial charge in [0.25, 0.3) is 0 Å². The minimum absolute atomic E-state index is 0.147. The number of benzene rings is 1. The van der Waals surface area contributed by atoms with Crippen molar-refractivity contribution in [2.45, 2.75) is 57.8 Å². The molecule has 2 atom stereocenters. The van der Waals surface area contributed by atoms with Gasteiger partial charge >= 0.3 is 0 Å². The van der Waals surface area contributed by atoms with E-state index in [9.17, 15) is 0 Å². The molecule has 1 aromatic rings. The molecule has 0 bridgehead atoms. The molecule has 2 unspecified atom stereocenters. The Bertz CT molecular complexity index is 431. The van der Waals surface area contributed by atoms with Crippen LogP contribution in [0.4, 0.5) is 0 Å². The quantitative estimate of drug-likeness (QED) is 0.860. The highest BCUT2D eigenvalue weighted by Gasteiger charge is 2.32. The van der Waals surface area contributed by atoms with Crippen LogP contribution < -0.4 is 10.1 Å². The number of hydrogen-bond acceptors (Lipinski definition) is 3. The lowest BCUT2D eigenvalue weighted by molar-refractivity contribution is -0.0205. The molecule has 1 N–H and O–H groups in total. The molecule has 0 aliphatic carbocycles. The summed E-state index contributed by atoms with van der Waals surface area (Å²) in [5.41, 5.74) is 1.14. The van der Waals surface area contributed by atoms with Gasteiger partial charge in [0.2, 0.25) is 0 Å². The average Bonchev–Trinajstić information content (AvgIpc) is 2.44. The van der Waals surface area contributed by atoms with E-state index < -0.39 is 0 Å². The van der Waals surface area contributed by atoms with Gasteiger partial charge < -0.3 is 14.8 Å². The van der Waals surface area contributed by atoms with Gasteiger partial charge in [0.05, 0.1) is 5.60 Å². The second-order valence-electron chi connectivity index (χ2n) is 6.19. The minimum atomic E-state index is -0.147. The summed E-state index contributed by atoms with van der Waals surface area (Å²) in [5.74, 6) is 1.02. The van der Waals surface area contributed by atoms with Crippen molar-refractivity contribution in [1.82, 2.24) is 5.32 Å². The van der Waals surface area contributed by atoms with E-state index >= 15 is 0 Å². The Morgan fingerprint density at radius 3 is 2.80 bits per heavy atom. The van der Waals surface area contributed by atoms with Crippen molar-refractivity contribution in [3.05, 3.63) is 29.8 Å². The lowest BCUT2D eigenvalue weighted by Crippen LogP contribution is -2.38. The SMILES string of the molecule is CCCNC1CC(CC(C)(C)OC)Oc2ccccc21. The number of fused-ring (bicyclic) bond motifs is 1. The first-order valence-electron chi connectivity index (χ1n) is 7.60. The zero-order chi connectivity index (χ0) is 14.6. The van der Waals surface area contributed by atoms with E-state index in [-0.39, 0.29) is 11.7 Å². The van der Waals surface area contributed by atoms with Gasteiger partial charge in [-0.25, -0.2) is 0 Å². The van der Waals surface area contributed by atoms with E-state index in [4.69, 9.17) is 9.47 Å².